The Kier molecular flexibility index (Phi) is 3.33. The molecular formula is C13H17BrN2. The van der Waals surface area contributed by atoms with Crippen LogP contribution in [0.15, 0.2) is 16.6 Å². The fourth-order valence-corrected chi connectivity index (χ4v) is 3.09. The zero-order chi connectivity index (χ0) is 11.7. The van der Waals surface area contributed by atoms with Crippen molar-refractivity contribution in [2.45, 2.75) is 33.1 Å². The fraction of sp³-hybridized carbons (Fsp3) is 0.462. The molecule has 0 aromatic heterocycles. The molecule has 0 aliphatic carbocycles. The van der Waals surface area contributed by atoms with Gasteiger partial charge in [-0.3, -0.25) is 5.41 Å². The normalized spacial score (nSPS) is 16.7. The van der Waals surface area contributed by atoms with E-state index in [0.717, 1.165) is 29.7 Å². The molecule has 0 unspecified atom stereocenters. The van der Waals surface area contributed by atoms with Crippen molar-refractivity contribution in [2.24, 2.45) is 0 Å². The Morgan fingerprint density at radius 3 is 2.38 bits per heavy atom. The summed E-state index contributed by atoms with van der Waals surface area (Å²) in [5, 5.41) is 8.04. The van der Waals surface area contributed by atoms with Crippen molar-refractivity contribution in [3.63, 3.8) is 0 Å². The number of anilines is 1. The first kappa shape index (κ1) is 11.6. The molecule has 0 bridgehead atoms. The van der Waals surface area contributed by atoms with Gasteiger partial charge in [0.2, 0.25) is 0 Å². The summed E-state index contributed by atoms with van der Waals surface area (Å²) >= 11 is 3.51. The molecule has 2 nitrogen and oxygen atoms in total. The maximum Gasteiger partial charge on any atom is 0.100 e. The van der Waals surface area contributed by atoms with E-state index in [9.17, 15) is 0 Å². The number of nitrogens with one attached hydrogen (secondary N) is 1. The lowest BCUT2D eigenvalue weighted by Gasteiger charge is -2.32. The average Bonchev–Trinajstić information content (AvgIpc) is 2.19. The molecule has 16 heavy (non-hydrogen) atoms. The van der Waals surface area contributed by atoms with Gasteiger partial charge in [-0.25, -0.2) is 0 Å². The highest BCUT2D eigenvalue weighted by molar-refractivity contribution is 9.10. The first-order chi connectivity index (χ1) is 7.59. The average molecular weight is 281 g/mol. The summed E-state index contributed by atoms with van der Waals surface area (Å²) in [6.07, 6.45) is 3.26. The molecule has 86 valence electrons. The Balaban J connectivity index is 2.42. The predicted molar refractivity (Wildman–Crippen MR) is 72.5 cm³/mol. The van der Waals surface area contributed by atoms with Gasteiger partial charge in [-0.2, -0.15) is 0 Å². The number of nitrogens with zero attached hydrogens (tertiary/aromatic N) is 1. The van der Waals surface area contributed by atoms with Gasteiger partial charge in [0, 0.05) is 23.1 Å². The van der Waals surface area contributed by atoms with Gasteiger partial charge in [-0.05, 0) is 49.9 Å². The zero-order valence-electron chi connectivity index (χ0n) is 9.81. The topological polar surface area (TPSA) is 27.1 Å². The molecule has 3 heteroatoms. The van der Waals surface area contributed by atoms with Crippen LogP contribution in [0.4, 0.5) is 5.69 Å². The standard InChI is InChI=1S/C13H17BrN2/c1-9-7-11(14)8-10(2)13(9)16-6-4-3-5-12(16)15/h7-8,15H,3-6H2,1-2H3. The Bertz CT molecular complexity index is 403. The monoisotopic (exact) mass is 280 g/mol. The molecule has 1 saturated heterocycles. The number of amidine groups is 1. The second-order valence-corrected chi connectivity index (χ2v) is 5.36. The van der Waals surface area contributed by atoms with Crippen molar-refractivity contribution in [2.75, 3.05) is 11.4 Å². The SMILES string of the molecule is Cc1cc(Br)cc(C)c1N1CCCCC1=N. The van der Waals surface area contributed by atoms with Gasteiger partial charge < -0.3 is 4.90 Å². The van der Waals surface area contributed by atoms with E-state index < -0.39 is 0 Å². The van der Waals surface area contributed by atoms with Gasteiger partial charge in [0.25, 0.3) is 0 Å². The van der Waals surface area contributed by atoms with Gasteiger partial charge in [0.1, 0.15) is 5.84 Å². The van der Waals surface area contributed by atoms with Gasteiger partial charge in [-0.1, -0.05) is 15.9 Å². The number of halogens is 1. The van der Waals surface area contributed by atoms with Crippen LogP contribution in [-0.4, -0.2) is 12.4 Å². The molecule has 0 spiro atoms. The van der Waals surface area contributed by atoms with E-state index in [4.69, 9.17) is 5.41 Å². The van der Waals surface area contributed by atoms with Crippen LogP contribution in [-0.2, 0) is 0 Å². The highest BCUT2D eigenvalue weighted by Crippen LogP contribution is 2.31. The van der Waals surface area contributed by atoms with Crippen molar-refractivity contribution in [3.8, 4) is 0 Å². The first-order valence-electron chi connectivity index (χ1n) is 5.71. The molecule has 1 aliphatic rings. The van der Waals surface area contributed by atoms with Crippen LogP contribution >= 0.6 is 15.9 Å². The lowest BCUT2D eigenvalue weighted by atomic mass is 10.0. The largest absolute Gasteiger partial charge is 0.330 e. The van der Waals surface area contributed by atoms with E-state index in [0.29, 0.717) is 0 Å². The minimum atomic E-state index is 0.764. The molecule has 1 fully saturated rings. The second-order valence-electron chi connectivity index (χ2n) is 4.44. The van der Waals surface area contributed by atoms with Crippen molar-refractivity contribution < 1.29 is 0 Å². The summed E-state index contributed by atoms with van der Waals surface area (Å²) in [7, 11) is 0. The highest BCUT2D eigenvalue weighted by Gasteiger charge is 2.19. The fourth-order valence-electron chi connectivity index (χ4n) is 2.41. The van der Waals surface area contributed by atoms with Crippen molar-refractivity contribution >= 4 is 27.5 Å². The van der Waals surface area contributed by atoms with Gasteiger partial charge in [0.15, 0.2) is 0 Å². The zero-order valence-corrected chi connectivity index (χ0v) is 11.4. The molecule has 1 aromatic rings. The molecule has 0 atom stereocenters. The van der Waals surface area contributed by atoms with E-state index in [2.05, 4.69) is 46.8 Å². The summed E-state index contributed by atoms with van der Waals surface area (Å²) in [6.45, 7) is 5.23. The van der Waals surface area contributed by atoms with Gasteiger partial charge >= 0.3 is 0 Å². The third-order valence-corrected chi connectivity index (χ3v) is 3.55. The number of hydrogen-bond donors (Lipinski definition) is 1. The van der Waals surface area contributed by atoms with E-state index in [1.165, 1.54) is 23.2 Å². The summed E-state index contributed by atoms with van der Waals surface area (Å²) < 4.78 is 1.12. The van der Waals surface area contributed by atoms with Crippen molar-refractivity contribution in [1.82, 2.24) is 0 Å². The molecule has 1 aromatic carbocycles. The predicted octanol–water partition coefficient (Wildman–Crippen LogP) is 4.03. The first-order valence-corrected chi connectivity index (χ1v) is 6.50. The molecule has 0 radical (unpaired) electrons. The molecule has 1 heterocycles. The number of benzene rings is 1. The highest BCUT2D eigenvalue weighted by atomic mass is 79.9. The molecule has 1 N–H and O–H groups in total. The molecule has 0 saturated carbocycles. The lowest BCUT2D eigenvalue weighted by molar-refractivity contribution is 0.705. The smallest absolute Gasteiger partial charge is 0.100 e. The van der Waals surface area contributed by atoms with Crippen molar-refractivity contribution in [3.05, 3.63) is 27.7 Å². The minimum Gasteiger partial charge on any atom is -0.330 e. The number of rotatable bonds is 1. The Morgan fingerprint density at radius 1 is 1.19 bits per heavy atom. The minimum absolute atomic E-state index is 0.764. The van der Waals surface area contributed by atoms with E-state index in [1.807, 2.05) is 0 Å². The second kappa shape index (κ2) is 4.58. The Labute approximate surface area is 105 Å². The van der Waals surface area contributed by atoms with E-state index in [-0.39, 0.29) is 0 Å². The Hall–Kier alpha value is -0.830. The van der Waals surface area contributed by atoms with Crippen LogP contribution < -0.4 is 4.90 Å². The summed E-state index contributed by atoms with van der Waals surface area (Å²) in [6, 6.07) is 4.26. The number of aryl methyl sites for hydroxylation is 2. The summed E-state index contributed by atoms with van der Waals surface area (Å²) in [5.41, 5.74) is 3.73. The maximum atomic E-state index is 8.04. The maximum absolute atomic E-state index is 8.04. The van der Waals surface area contributed by atoms with E-state index >= 15 is 0 Å². The van der Waals surface area contributed by atoms with Crippen LogP contribution in [0.1, 0.15) is 30.4 Å². The lowest BCUT2D eigenvalue weighted by Crippen LogP contribution is -2.35. The van der Waals surface area contributed by atoms with Crippen molar-refractivity contribution in [1.29, 1.82) is 5.41 Å². The van der Waals surface area contributed by atoms with Gasteiger partial charge in [-0.15, -0.1) is 0 Å². The van der Waals surface area contributed by atoms with Crippen LogP contribution in [0.25, 0.3) is 0 Å². The number of hydrogen-bond acceptors (Lipinski definition) is 1. The quantitative estimate of drug-likeness (QED) is 0.826. The molecule has 0 amide bonds. The molecular weight excluding hydrogens is 264 g/mol. The molecule has 2 rings (SSSR count). The number of piperidine rings is 1. The van der Waals surface area contributed by atoms with Crippen LogP contribution in [0, 0.1) is 19.3 Å². The van der Waals surface area contributed by atoms with Crippen LogP contribution in [0.2, 0.25) is 0 Å². The van der Waals surface area contributed by atoms with Crippen LogP contribution in [0.3, 0.4) is 0 Å². The third-order valence-electron chi connectivity index (χ3n) is 3.10. The third kappa shape index (κ3) is 2.14. The van der Waals surface area contributed by atoms with E-state index in [1.54, 1.807) is 0 Å². The molecule has 1 aliphatic heterocycles. The summed E-state index contributed by atoms with van der Waals surface area (Å²) in [4.78, 5) is 2.17. The van der Waals surface area contributed by atoms with Gasteiger partial charge in [0.05, 0.1) is 0 Å². The van der Waals surface area contributed by atoms with Crippen LogP contribution in [0.5, 0.6) is 0 Å². The Morgan fingerprint density at radius 2 is 1.81 bits per heavy atom. The summed E-state index contributed by atoms with van der Waals surface area (Å²) in [5.74, 6) is 0.764.